The molecule has 0 aliphatic carbocycles. The summed E-state index contributed by atoms with van der Waals surface area (Å²) in [5.74, 6) is 3.21. The van der Waals surface area contributed by atoms with Crippen molar-refractivity contribution in [2.75, 3.05) is 11.5 Å². The number of imidazole rings is 1. The van der Waals surface area contributed by atoms with Gasteiger partial charge in [0.05, 0.1) is 16.6 Å². The normalized spacial score (nSPS) is 16.6. The van der Waals surface area contributed by atoms with E-state index in [1.165, 1.54) is 24.3 Å². The molecule has 98 valence electrons. The minimum atomic E-state index is 0.668. The van der Waals surface area contributed by atoms with Crippen LogP contribution in [-0.2, 0) is 6.54 Å². The Bertz CT molecular complexity index is 687. The van der Waals surface area contributed by atoms with Gasteiger partial charge in [0.15, 0.2) is 4.77 Å². The van der Waals surface area contributed by atoms with Crippen molar-refractivity contribution in [1.82, 2.24) is 9.55 Å². The zero-order valence-electron chi connectivity index (χ0n) is 10.6. The summed E-state index contributed by atoms with van der Waals surface area (Å²) in [6, 6.07) is 8.02. The summed E-state index contributed by atoms with van der Waals surface area (Å²) < 4.78 is 2.89. The molecule has 3 nitrogen and oxygen atoms in total. The summed E-state index contributed by atoms with van der Waals surface area (Å²) >= 11 is 7.46. The molecule has 3 rings (SSSR count). The van der Waals surface area contributed by atoms with Gasteiger partial charge < -0.3 is 9.55 Å². The Hall–Kier alpha value is -1.25. The van der Waals surface area contributed by atoms with E-state index in [0.717, 1.165) is 22.3 Å². The number of nitrogens with zero attached hydrogens (tertiary/aromatic N) is 2. The molecule has 0 amide bonds. The second-order valence-corrected chi connectivity index (χ2v) is 6.52. The van der Waals surface area contributed by atoms with Gasteiger partial charge in [0.1, 0.15) is 6.07 Å². The van der Waals surface area contributed by atoms with Crippen molar-refractivity contribution in [3.05, 3.63) is 28.5 Å². The molecule has 5 heteroatoms. The molecule has 19 heavy (non-hydrogen) atoms. The van der Waals surface area contributed by atoms with Gasteiger partial charge in [-0.3, -0.25) is 0 Å². The van der Waals surface area contributed by atoms with Crippen molar-refractivity contribution in [2.24, 2.45) is 5.92 Å². The van der Waals surface area contributed by atoms with E-state index in [-0.39, 0.29) is 0 Å². The van der Waals surface area contributed by atoms with Gasteiger partial charge in [-0.2, -0.15) is 17.0 Å². The maximum absolute atomic E-state index is 9.14. The SMILES string of the molecule is N#Cc1cccc2c1[nH]c(=S)n2CC1CCSCC1. The molecule has 0 radical (unpaired) electrons. The second-order valence-electron chi connectivity index (χ2n) is 4.91. The van der Waals surface area contributed by atoms with Gasteiger partial charge in [-0.05, 0) is 54.6 Å². The summed E-state index contributed by atoms with van der Waals surface area (Å²) in [4.78, 5) is 3.19. The predicted octanol–water partition coefficient (Wildman–Crippen LogP) is 3.71. The highest BCUT2D eigenvalue weighted by atomic mass is 32.2. The Morgan fingerprint density at radius 2 is 2.21 bits per heavy atom. The van der Waals surface area contributed by atoms with Gasteiger partial charge in [-0.15, -0.1) is 0 Å². The Kier molecular flexibility index (Phi) is 3.63. The fraction of sp³-hybridized carbons (Fsp3) is 0.429. The van der Waals surface area contributed by atoms with Crippen LogP contribution in [0.2, 0.25) is 0 Å². The highest BCUT2D eigenvalue weighted by molar-refractivity contribution is 7.99. The third-order valence-corrected chi connectivity index (χ3v) is 5.08. The quantitative estimate of drug-likeness (QED) is 0.857. The molecule has 0 bridgehead atoms. The van der Waals surface area contributed by atoms with E-state index in [1.807, 2.05) is 30.0 Å². The Morgan fingerprint density at radius 3 is 2.95 bits per heavy atom. The van der Waals surface area contributed by atoms with Crippen LogP contribution < -0.4 is 0 Å². The molecule has 0 unspecified atom stereocenters. The number of aromatic amines is 1. The first-order valence-corrected chi connectivity index (χ1v) is 8.05. The van der Waals surface area contributed by atoms with E-state index in [4.69, 9.17) is 17.5 Å². The van der Waals surface area contributed by atoms with Crippen molar-refractivity contribution in [3.8, 4) is 6.07 Å². The molecule has 1 aromatic heterocycles. The number of nitrogens with one attached hydrogen (secondary N) is 1. The minimum absolute atomic E-state index is 0.668. The molecule has 1 aromatic carbocycles. The van der Waals surface area contributed by atoms with Crippen LogP contribution in [0.15, 0.2) is 18.2 Å². The fourth-order valence-corrected chi connectivity index (χ4v) is 4.12. The van der Waals surface area contributed by atoms with Crippen molar-refractivity contribution in [1.29, 1.82) is 5.26 Å². The van der Waals surface area contributed by atoms with Gasteiger partial charge in [0.2, 0.25) is 0 Å². The van der Waals surface area contributed by atoms with Gasteiger partial charge in [0.25, 0.3) is 0 Å². The van der Waals surface area contributed by atoms with Gasteiger partial charge in [-0.1, -0.05) is 6.07 Å². The smallest absolute Gasteiger partial charge is 0.178 e. The number of H-pyrrole nitrogens is 1. The number of aromatic nitrogens is 2. The molecular weight excluding hydrogens is 274 g/mol. The average molecular weight is 289 g/mol. The Balaban J connectivity index is 2.01. The van der Waals surface area contributed by atoms with E-state index in [1.54, 1.807) is 0 Å². The molecule has 1 saturated heterocycles. The van der Waals surface area contributed by atoms with E-state index < -0.39 is 0 Å². The third-order valence-electron chi connectivity index (χ3n) is 3.71. The number of fused-ring (bicyclic) bond motifs is 1. The Labute approximate surface area is 121 Å². The van der Waals surface area contributed by atoms with Gasteiger partial charge in [0, 0.05) is 6.54 Å². The zero-order chi connectivity index (χ0) is 13.2. The van der Waals surface area contributed by atoms with Crippen molar-refractivity contribution in [3.63, 3.8) is 0 Å². The first-order chi connectivity index (χ1) is 9.29. The maximum atomic E-state index is 9.14. The number of para-hydroxylation sites is 1. The molecule has 2 aromatic rings. The van der Waals surface area contributed by atoms with Crippen molar-refractivity contribution >= 4 is 35.0 Å². The molecule has 0 saturated carbocycles. The lowest BCUT2D eigenvalue weighted by Gasteiger charge is -2.21. The van der Waals surface area contributed by atoms with Gasteiger partial charge >= 0.3 is 0 Å². The van der Waals surface area contributed by atoms with Crippen LogP contribution >= 0.6 is 24.0 Å². The average Bonchev–Trinajstić information content (AvgIpc) is 2.76. The van der Waals surface area contributed by atoms with E-state index in [2.05, 4.69) is 15.6 Å². The van der Waals surface area contributed by atoms with Crippen molar-refractivity contribution < 1.29 is 0 Å². The number of benzene rings is 1. The van der Waals surface area contributed by atoms with Crippen molar-refractivity contribution in [2.45, 2.75) is 19.4 Å². The summed E-state index contributed by atoms with van der Waals surface area (Å²) in [7, 11) is 0. The fourth-order valence-electron chi connectivity index (χ4n) is 2.64. The monoisotopic (exact) mass is 289 g/mol. The highest BCUT2D eigenvalue weighted by Gasteiger charge is 2.16. The van der Waals surface area contributed by atoms with E-state index >= 15 is 0 Å². The van der Waals surface area contributed by atoms with E-state index in [9.17, 15) is 0 Å². The summed E-state index contributed by atoms with van der Waals surface area (Å²) in [6.07, 6.45) is 2.52. The van der Waals surface area contributed by atoms with Crippen LogP contribution in [0.3, 0.4) is 0 Å². The summed E-state index contributed by atoms with van der Waals surface area (Å²) in [6.45, 7) is 0.967. The number of hydrogen-bond acceptors (Lipinski definition) is 3. The second kappa shape index (κ2) is 5.40. The van der Waals surface area contributed by atoms with Crippen LogP contribution in [0.5, 0.6) is 0 Å². The van der Waals surface area contributed by atoms with Crippen LogP contribution in [0, 0.1) is 22.0 Å². The first kappa shape index (κ1) is 12.8. The lowest BCUT2D eigenvalue weighted by atomic mass is 10.0. The molecule has 2 heterocycles. The van der Waals surface area contributed by atoms with Crippen LogP contribution in [0.25, 0.3) is 11.0 Å². The standard InChI is InChI=1S/C14H15N3S2/c15-8-11-2-1-3-12-13(11)16-14(18)17(12)9-10-4-6-19-7-5-10/h1-3,10H,4-7,9H2,(H,16,18). The van der Waals surface area contributed by atoms with Crippen LogP contribution in [0.4, 0.5) is 0 Å². The topological polar surface area (TPSA) is 44.5 Å². The minimum Gasteiger partial charge on any atom is -0.329 e. The zero-order valence-corrected chi connectivity index (χ0v) is 12.2. The number of nitriles is 1. The molecule has 0 spiro atoms. The lowest BCUT2D eigenvalue weighted by Crippen LogP contribution is -2.16. The predicted molar refractivity (Wildman–Crippen MR) is 81.9 cm³/mol. The van der Waals surface area contributed by atoms with Gasteiger partial charge in [-0.25, -0.2) is 0 Å². The first-order valence-electron chi connectivity index (χ1n) is 6.49. The summed E-state index contributed by atoms with van der Waals surface area (Å²) in [5.41, 5.74) is 2.60. The van der Waals surface area contributed by atoms with Crippen LogP contribution in [-0.4, -0.2) is 21.1 Å². The van der Waals surface area contributed by atoms with Crippen LogP contribution in [0.1, 0.15) is 18.4 Å². The Morgan fingerprint density at radius 1 is 1.42 bits per heavy atom. The number of hydrogen-bond donors (Lipinski definition) is 1. The number of rotatable bonds is 2. The highest BCUT2D eigenvalue weighted by Crippen LogP contribution is 2.26. The molecular formula is C14H15N3S2. The molecule has 1 N–H and O–H groups in total. The summed E-state index contributed by atoms with van der Waals surface area (Å²) in [5, 5.41) is 9.14. The third kappa shape index (κ3) is 2.43. The van der Waals surface area contributed by atoms with E-state index in [0.29, 0.717) is 11.5 Å². The molecule has 0 atom stereocenters. The molecule has 1 fully saturated rings. The largest absolute Gasteiger partial charge is 0.329 e. The maximum Gasteiger partial charge on any atom is 0.178 e. The lowest BCUT2D eigenvalue weighted by molar-refractivity contribution is 0.420. The molecule has 1 aliphatic rings. The molecule has 1 aliphatic heterocycles. The number of thioether (sulfide) groups is 1.